The smallest absolute Gasteiger partial charge is 0.405 e. The van der Waals surface area contributed by atoms with Crippen molar-refractivity contribution in [3.63, 3.8) is 0 Å². The lowest BCUT2D eigenvalue weighted by Crippen LogP contribution is -2.47. The van der Waals surface area contributed by atoms with Gasteiger partial charge >= 0.3 is 6.36 Å². The summed E-state index contributed by atoms with van der Waals surface area (Å²) in [7, 11) is 1.54. The molecule has 55 heavy (non-hydrogen) atoms. The normalized spacial score (nSPS) is 19.1. The number of aromatic nitrogens is 1. The largest absolute Gasteiger partial charge is 0.573 e. The Labute approximate surface area is 315 Å². The predicted molar refractivity (Wildman–Crippen MR) is 200 cm³/mol. The number of Topliss-reactive ketones (excluding diaryl/α,β-unsaturated/α-hetero) is 1. The van der Waals surface area contributed by atoms with Crippen molar-refractivity contribution < 1.29 is 36.7 Å². The van der Waals surface area contributed by atoms with Gasteiger partial charge in [-0.2, -0.15) is 0 Å². The highest BCUT2D eigenvalue weighted by atomic mass is 19.4. The van der Waals surface area contributed by atoms with Gasteiger partial charge in [-0.1, -0.05) is 12.1 Å². The molecule has 1 atom stereocenters. The van der Waals surface area contributed by atoms with Gasteiger partial charge in [0.2, 0.25) is 11.8 Å². The fourth-order valence-corrected chi connectivity index (χ4v) is 8.05. The number of anilines is 2. The molecule has 3 saturated heterocycles. The molecule has 2 amide bonds. The molecule has 4 aromatic rings. The van der Waals surface area contributed by atoms with E-state index in [0.29, 0.717) is 61.0 Å². The Kier molecular flexibility index (Phi) is 11.0. The van der Waals surface area contributed by atoms with Crippen molar-refractivity contribution in [3.8, 4) is 16.9 Å². The van der Waals surface area contributed by atoms with E-state index in [9.17, 15) is 36.7 Å². The molecule has 3 aliphatic rings. The van der Waals surface area contributed by atoms with Crippen LogP contribution in [0.2, 0.25) is 0 Å². The number of carbonyl (C=O) groups excluding carboxylic acids is 3. The molecule has 10 nitrogen and oxygen atoms in total. The molecular weight excluding hydrogens is 718 g/mol. The van der Waals surface area contributed by atoms with Gasteiger partial charge in [0.05, 0.1) is 6.54 Å². The van der Waals surface area contributed by atoms with Gasteiger partial charge in [-0.3, -0.25) is 29.4 Å². The third-order valence-electron chi connectivity index (χ3n) is 11.1. The van der Waals surface area contributed by atoms with E-state index in [1.807, 2.05) is 24.3 Å². The Morgan fingerprint density at radius 3 is 2.31 bits per heavy atom. The fourth-order valence-electron chi connectivity index (χ4n) is 8.05. The molecule has 0 spiro atoms. The van der Waals surface area contributed by atoms with Crippen molar-refractivity contribution in [2.45, 2.75) is 57.3 Å². The highest BCUT2D eigenvalue weighted by molar-refractivity contribution is 6.01. The molecule has 2 N–H and O–H groups in total. The average Bonchev–Trinajstić information content (AvgIpc) is 3.15. The van der Waals surface area contributed by atoms with Gasteiger partial charge in [0, 0.05) is 61.0 Å². The van der Waals surface area contributed by atoms with Crippen molar-refractivity contribution in [1.29, 1.82) is 0 Å². The Hall–Kier alpha value is -5.24. The second kappa shape index (κ2) is 15.9. The molecule has 0 saturated carbocycles. The maximum absolute atomic E-state index is 14.2. The lowest BCUT2D eigenvalue weighted by atomic mass is 9.88. The number of likely N-dealkylation sites (tertiary alicyclic amines) is 1. The number of nitrogens with zero attached hydrogens (tertiary/aromatic N) is 3. The summed E-state index contributed by atoms with van der Waals surface area (Å²) in [6.07, 6.45) is 0.613. The number of hydrogen-bond donors (Lipinski definition) is 2. The lowest BCUT2D eigenvalue weighted by molar-refractivity contribution is -0.274. The zero-order valence-electron chi connectivity index (χ0n) is 30.5. The molecule has 3 aliphatic heterocycles. The number of fused-ring (bicyclic) bond motifs is 1. The Balaban J connectivity index is 0.917. The first-order chi connectivity index (χ1) is 26.3. The van der Waals surface area contributed by atoms with Crippen molar-refractivity contribution >= 4 is 39.7 Å². The van der Waals surface area contributed by atoms with E-state index in [0.717, 1.165) is 50.1 Å². The summed E-state index contributed by atoms with van der Waals surface area (Å²) in [5, 5.41) is 6.10. The maximum Gasteiger partial charge on any atom is 0.573 e. The number of ether oxygens (including phenoxy) is 1. The van der Waals surface area contributed by atoms with Crippen molar-refractivity contribution in [2.24, 2.45) is 18.9 Å². The molecule has 7 rings (SSSR count). The Morgan fingerprint density at radius 2 is 1.62 bits per heavy atom. The van der Waals surface area contributed by atoms with Crippen molar-refractivity contribution in [3.05, 3.63) is 88.6 Å². The van der Waals surface area contributed by atoms with Crippen LogP contribution in [0, 0.1) is 17.7 Å². The number of alkyl halides is 3. The SMILES string of the molecule is Cn1cc(-c2ccc(CC3CCN(CC(=O)C4CCN(c5ccc(NC6CCC(=O)NC6=O)cc5)CC4)CC3)c(OC(F)(F)F)c2)c2cc(F)ccc2c1=O. The van der Waals surface area contributed by atoms with Gasteiger partial charge in [-0.25, -0.2) is 4.39 Å². The number of aryl methyl sites for hydroxylation is 1. The summed E-state index contributed by atoms with van der Waals surface area (Å²) in [6, 6.07) is 15.7. The van der Waals surface area contributed by atoms with E-state index < -0.39 is 18.2 Å². The number of benzene rings is 3. The van der Waals surface area contributed by atoms with Crippen LogP contribution in [0.25, 0.3) is 21.9 Å². The van der Waals surface area contributed by atoms with Crippen LogP contribution in [0.1, 0.15) is 44.1 Å². The van der Waals surface area contributed by atoms with Gasteiger partial charge in [0.1, 0.15) is 23.4 Å². The summed E-state index contributed by atoms with van der Waals surface area (Å²) < 4.78 is 60.9. The quantitative estimate of drug-likeness (QED) is 0.145. The van der Waals surface area contributed by atoms with E-state index in [2.05, 4.69) is 25.2 Å². The molecule has 3 fully saturated rings. The first-order valence-electron chi connectivity index (χ1n) is 18.7. The van der Waals surface area contributed by atoms with Gasteiger partial charge < -0.3 is 19.5 Å². The number of ketones is 1. The number of carbonyl (C=O) groups is 3. The third kappa shape index (κ3) is 9.01. The molecule has 0 radical (unpaired) electrons. The van der Waals surface area contributed by atoms with Crippen LogP contribution in [0.15, 0.2) is 71.7 Å². The molecule has 0 aliphatic carbocycles. The average molecular weight is 762 g/mol. The van der Waals surface area contributed by atoms with Crippen LogP contribution in [-0.4, -0.2) is 72.2 Å². The first kappa shape index (κ1) is 38.1. The number of pyridine rings is 1. The summed E-state index contributed by atoms with van der Waals surface area (Å²) in [5.41, 5.74) is 2.67. The zero-order valence-corrected chi connectivity index (χ0v) is 30.5. The molecular formula is C41H43F4N5O5. The van der Waals surface area contributed by atoms with Gasteiger partial charge in [0.25, 0.3) is 5.56 Å². The first-order valence-corrected chi connectivity index (χ1v) is 18.7. The summed E-state index contributed by atoms with van der Waals surface area (Å²) in [4.78, 5) is 53.9. The molecule has 3 aromatic carbocycles. The predicted octanol–water partition coefficient (Wildman–Crippen LogP) is 6.20. The number of amides is 2. The van der Waals surface area contributed by atoms with E-state index in [4.69, 9.17) is 0 Å². The second-order valence-electron chi connectivity index (χ2n) is 14.9. The minimum atomic E-state index is -4.92. The van der Waals surface area contributed by atoms with Crippen LogP contribution in [0.4, 0.5) is 28.9 Å². The Morgan fingerprint density at radius 1 is 0.891 bits per heavy atom. The number of hydrogen-bond acceptors (Lipinski definition) is 8. The number of piperidine rings is 3. The monoisotopic (exact) mass is 761 g/mol. The second-order valence-corrected chi connectivity index (χ2v) is 14.9. The van der Waals surface area contributed by atoms with Gasteiger partial charge in [-0.05, 0) is 123 Å². The third-order valence-corrected chi connectivity index (χ3v) is 11.1. The van der Waals surface area contributed by atoms with E-state index in [1.165, 1.54) is 42.1 Å². The van der Waals surface area contributed by atoms with Crippen molar-refractivity contribution in [1.82, 2.24) is 14.8 Å². The van der Waals surface area contributed by atoms with Crippen LogP contribution in [0.5, 0.6) is 5.75 Å². The van der Waals surface area contributed by atoms with E-state index >= 15 is 0 Å². The minimum absolute atomic E-state index is 0.0383. The summed E-state index contributed by atoms with van der Waals surface area (Å²) in [6.45, 7) is 3.17. The molecule has 4 heterocycles. The lowest BCUT2D eigenvalue weighted by Gasteiger charge is -2.35. The number of imide groups is 1. The zero-order chi connectivity index (χ0) is 38.9. The number of rotatable bonds is 10. The minimum Gasteiger partial charge on any atom is -0.405 e. The van der Waals surface area contributed by atoms with Crippen molar-refractivity contribution in [2.75, 3.05) is 42.9 Å². The van der Waals surface area contributed by atoms with Crippen LogP contribution in [0.3, 0.4) is 0 Å². The fraction of sp³-hybridized carbons (Fsp3) is 0.415. The number of halogens is 4. The summed E-state index contributed by atoms with van der Waals surface area (Å²) in [5.74, 6) is -1.20. The van der Waals surface area contributed by atoms with E-state index in [1.54, 1.807) is 12.1 Å². The highest BCUT2D eigenvalue weighted by Gasteiger charge is 2.34. The molecule has 1 unspecified atom stereocenters. The molecule has 290 valence electrons. The van der Waals surface area contributed by atoms with Gasteiger partial charge in [0.15, 0.2) is 0 Å². The molecule has 1 aromatic heterocycles. The van der Waals surface area contributed by atoms with Gasteiger partial charge in [-0.15, -0.1) is 13.2 Å². The van der Waals surface area contributed by atoms with E-state index in [-0.39, 0.29) is 46.1 Å². The standard InChI is InChI=1S/C41H43F4N5O5/c1-48-23-34(33-22-29(42)4-9-32(33)40(48)54)27-2-3-28(37(21-27)55-41(43,44)45)20-25-12-16-49(17-13-25)24-36(51)26-14-18-50(19-15-26)31-7-5-30(6-8-31)46-35-10-11-38(52)47-39(35)53/h2-9,21-23,25-26,35,46H,10-20,24H2,1H3,(H,47,52,53). The number of nitrogens with one attached hydrogen (secondary N) is 2. The summed E-state index contributed by atoms with van der Waals surface area (Å²) >= 11 is 0. The van der Waals surface area contributed by atoms with Crippen LogP contribution < -0.4 is 25.8 Å². The van der Waals surface area contributed by atoms with Crippen LogP contribution >= 0.6 is 0 Å². The Bertz CT molecular complexity index is 2140. The topological polar surface area (TPSA) is 113 Å². The molecule has 14 heteroatoms. The van der Waals surface area contributed by atoms with Crippen LogP contribution in [-0.2, 0) is 27.9 Å². The molecule has 0 bridgehead atoms. The highest BCUT2D eigenvalue weighted by Crippen LogP contribution is 2.36. The maximum atomic E-state index is 14.2.